The number of carbonyl (C=O) groups is 1. The van der Waals surface area contributed by atoms with Crippen LogP contribution in [0.5, 0.6) is 0 Å². The summed E-state index contributed by atoms with van der Waals surface area (Å²) in [5.74, 6) is 0.576. The Morgan fingerprint density at radius 2 is 2.28 bits per heavy atom. The predicted octanol–water partition coefficient (Wildman–Crippen LogP) is 1.74. The molecule has 1 heterocycles. The summed E-state index contributed by atoms with van der Waals surface area (Å²) in [7, 11) is 0. The number of nitrogens with one attached hydrogen (secondary N) is 1. The summed E-state index contributed by atoms with van der Waals surface area (Å²) in [6.45, 7) is 5.56. The Morgan fingerprint density at radius 1 is 1.61 bits per heavy atom. The van der Waals surface area contributed by atoms with Crippen molar-refractivity contribution in [3.63, 3.8) is 0 Å². The van der Waals surface area contributed by atoms with Crippen molar-refractivity contribution < 1.29 is 4.79 Å². The maximum atomic E-state index is 11.9. The molecule has 5 heteroatoms. The fraction of sp³-hybridized carbons (Fsp3) is 0.538. The third-order valence-electron chi connectivity index (χ3n) is 3.51. The molecule has 18 heavy (non-hydrogen) atoms. The maximum Gasteiger partial charge on any atom is 0.251 e. The van der Waals surface area contributed by atoms with Crippen LogP contribution in [0.25, 0.3) is 0 Å². The van der Waals surface area contributed by atoms with E-state index in [9.17, 15) is 4.79 Å². The fourth-order valence-corrected chi connectivity index (χ4v) is 1.97. The van der Waals surface area contributed by atoms with Gasteiger partial charge in [0.2, 0.25) is 0 Å². The van der Waals surface area contributed by atoms with Crippen LogP contribution in [0.15, 0.2) is 18.3 Å². The van der Waals surface area contributed by atoms with Gasteiger partial charge in [-0.3, -0.25) is 9.78 Å². The Kier molecular flexibility index (Phi) is 4.71. The number of hydrogen-bond donors (Lipinski definition) is 2. The lowest BCUT2D eigenvalue weighted by Crippen LogP contribution is -2.26. The first-order valence-corrected chi connectivity index (χ1v) is 5.96. The van der Waals surface area contributed by atoms with Crippen molar-refractivity contribution in [3.05, 3.63) is 29.6 Å². The number of carbonyl (C=O) groups excluding carboxylic acids is 1. The molecule has 0 radical (unpaired) electrons. The van der Waals surface area contributed by atoms with Crippen LogP contribution in [0.1, 0.15) is 36.3 Å². The monoisotopic (exact) mass is 269 g/mol. The van der Waals surface area contributed by atoms with Gasteiger partial charge in [-0.2, -0.15) is 0 Å². The highest BCUT2D eigenvalue weighted by molar-refractivity contribution is 5.94. The average Bonchev–Trinajstić information content (AvgIpc) is 2.94. The summed E-state index contributed by atoms with van der Waals surface area (Å²) in [6, 6.07) is 3.46. The largest absolute Gasteiger partial charge is 0.352 e. The highest BCUT2D eigenvalue weighted by Gasteiger charge is 2.45. The molecule has 1 aliphatic rings. The van der Waals surface area contributed by atoms with Crippen molar-refractivity contribution >= 4 is 18.3 Å². The molecule has 3 N–H and O–H groups in total. The minimum Gasteiger partial charge on any atom is -0.352 e. The van der Waals surface area contributed by atoms with E-state index in [4.69, 9.17) is 5.73 Å². The van der Waals surface area contributed by atoms with E-state index in [1.807, 2.05) is 0 Å². The van der Waals surface area contributed by atoms with Gasteiger partial charge in [-0.1, -0.05) is 13.8 Å². The first kappa shape index (κ1) is 14.9. The zero-order chi connectivity index (χ0) is 12.5. The lowest BCUT2D eigenvalue weighted by Gasteiger charge is -2.07. The van der Waals surface area contributed by atoms with Crippen LogP contribution in [0.3, 0.4) is 0 Å². The summed E-state index contributed by atoms with van der Waals surface area (Å²) in [5.41, 5.74) is 7.27. The van der Waals surface area contributed by atoms with Crippen molar-refractivity contribution in [1.82, 2.24) is 10.3 Å². The molecule has 4 nitrogen and oxygen atoms in total. The molecule has 0 bridgehead atoms. The minimum atomic E-state index is -0.0372. The van der Waals surface area contributed by atoms with Gasteiger partial charge in [0.1, 0.15) is 0 Å². The summed E-state index contributed by atoms with van der Waals surface area (Å²) in [4.78, 5) is 15.9. The van der Waals surface area contributed by atoms with Gasteiger partial charge in [-0.25, -0.2) is 0 Å². The number of hydrogen-bond acceptors (Lipinski definition) is 3. The molecule has 0 aliphatic heterocycles. The third-order valence-corrected chi connectivity index (χ3v) is 3.51. The van der Waals surface area contributed by atoms with E-state index in [1.54, 1.807) is 18.3 Å². The van der Waals surface area contributed by atoms with Crippen molar-refractivity contribution in [1.29, 1.82) is 0 Å². The van der Waals surface area contributed by atoms with Gasteiger partial charge in [0.25, 0.3) is 5.91 Å². The molecular formula is C13H20ClN3O. The molecule has 0 aromatic carbocycles. The molecular weight excluding hydrogens is 250 g/mol. The molecule has 1 aliphatic carbocycles. The quantitative estimate of drug-likeness (QED) is 0.875. The van der Waals surface area contributed by atoms with Crippen molar-refractivity contribution in [2.45, 2.75) is 26.8 Å². The fourth-order valence-electron chi connectivity index (χ4n) is 1.97. The van der Waals surface area contributed by atoms with E-state index >= 15 is 0 Å². The molecule has 1 saturated carbocycles. The van der Waals surface area contributed by atoms with Crippen molar-refractivity contribution in [2.24, 2.45) is 17.1 Å². The highest BCUT2D eigenvalue weighted by Crippen LogP contribution is 2.50. The van der Waals surface area contributed by atoms with Gasteiger partial charge in [0.15, 0.2) is 0 Å². The smallest absolute Gasteiger partial charge is 0.251 e. The van der Waals surface area contributed by atoms with Gasteiger partial charge in [0, 0.05) is 24.8 Å². The molecule has 1 unspecified atom stereocenters. The molecule has 1 aromatic rings. The van der Waals surface area contributed by atoms with Crippen LogP contribution in [0.2, 0.25) is 0 Å². The molecule has 0 saturated heterocycles. The van der Waals surface area contributed by atoms with Crippen LogP contribution in [-0.2, 0) is 6.54 Å². The van der Waals surface area contributed by atoms with E-state index in [-0.39, 0.29) is 18.3 Å². The highest BCUT2D eigenvalue weighted by atomic mass is 35.5. The Balaban J connectivity index is 0.00000162. The van der Waals surface area contributed by atoms with E-state index < -0.39 is 0 Å². The number of amides is 1. The van der Waals surface area contributed by atoms with Gasteiger partial charge in [0.05, 0.1) is 5.69 Å². The summed E-state index contributed by atoms with van der Waals surface area (Å²) < 4.78 is 0. The number of aromatic nitrogens is 1. The lowest BCUT2D eigenvalue weighted by molar-refractivity contribution is 0.0950. The maximum absolute atomic E-state index is 11.9. The number of halogens is 1. The molecule has 2 rings (SSSR count). The first-order valence-electron chi connectivity index (χ1n) is 5.96. The molecule has 100 valence electrons. The van der Waals surface area contributed by atoms with Crippen LogP contribution in [-0.4, -0.2) is 17.4 Å². The van der Waals surface area contributed by atoms with Gasteiger partial charge in [-0.05, 0) is 29.9 Å². The number of nitrogens with zero attached hydrogens (tertiary/aromatic N) is 1. The Bertz CT molecular complexity index is 434. The van der Waals surface area contributed by atoms with E-state index in [1.165, 1.54) is 6.42 Å². The minimum absolute atomic E-state index is 0. The summed E-state index contributed by atoms with van der Waals surface area (Å²) in [5, 5.41) is 2.96. The van der Waals surface area contributed by atoms with E-state index in [2.05, 4.69) is 24.1 Å². The van der Waals surface area contributed by atoms with Crippen LogP contribution >= 0.6 is 12.4 Å². The molecule has 1 aromatic heterocycles. The molecule has 0 spiro atoms. The second-order valence-electron chi connectivity index (χ2n) is 5.34. The standard InChI is InChI=1S/C13H19N3O.ClH/c1-13(2)6-10(13)8-16-12(17)9-3-4-15-11(5-9)7-14;/h3-5,10H,6-8,14H2,1-2H3,(H,16,17);1H. The molecule has 1 fully saturated rings. The second kappa shape index (κ2) is 5.67. The number of nitrogens with two attached hydrogens (primary N) is 1. The van der Waals surface area contributed by atoms with Crippen LogP contribution in [0.4, 0.5) is 0 Å². The lowest BCUT2D eigenvalue weighted by atomic mass is 10.1. The Hall–Kier alpha value is -1.13. The van der Waals surface area contributed by atoms with Crippen LogP contribution < -0.4 is 11.1 Å². The summed E-state index contributed by atoms with van der Waals surface area (Å²) >= 11 is 0. The predicted molar refractivity (Wildman–Crippen MR) is 73.6 cm³/mol. The van der Waals surface area contributed by atoms with Crippen molar-refractivity contribution in [3.8, 4) is 0 Å². The average molecular weight is 270 g/mol. The number of pyridine rings is 1. The number of rotatable bonds is 4. The van der Waals surface area contributed by atoms with E-state index in [0.29, 0.717) is 23.4 Å². The van der Waals surface area contributed by atoms with Crippen LogP contribution in [0, 0.1) is 11.3 Å². The second-order valence-corrected chi connectivity index (χ2v) is 5.34. The topological polar surface area (TPSA) is 68.0 Å². The zero-order valence-corrected chi connectivity index (χ0v) is 11.6. The molecule has 1 atom stereocenters. The first-order chi connectivity index (χ1) is 8.03. The SMILES string of the molecule is CC1(C)CC1CNC(=O)c1ccnc(CN)c1.Cl. The van der Waals surface area contributed by atoms with Crippen molar-refractivity contribution in [2.75, 3.05) is 6.54 Å². The van der Waals surface area contributed by atoms with Gasteiger partial charge >= 0.3 is 0 Å². The summed E-state index contributed by atoms with van der Waals surface area (Å²) in [6.07, 6.45) is 2.82. The zero-order valence-electron chi connectivity index (χ0n) is 10.8. The van der Waals surface area contributed by atoms with E-state index in [0.717, 1.165) is 12.2 Å². The normalized spacial score (nSPS) is 19.8. The van der Waals surface area contributed by atoms with Gasteiger partial charge < -0.3 is 11.1 Å². The third kappa shape index (κ3) is 3.43. The molecule has 1 amide bonds. The van der Waals surface area contributed by atoms with Gasteiger partial charge in [-0.15, -0.1) is 12.4 Å². The Morgan fingerprint density at radius 3 is 2.83 bits per heavy atom. The Labute approximate surface area is 114 Å².